The normalized spacial score (nSPS) is 28.0. The van der Waals surface area contributed by atoms with Gasteiger partial charge in [0.15, 0.2) is 0 Å². The number of benzene rings is 1. The Morgan fingerprint density at radius 1 is 1.28 bits per heavy atom. The van der Waals surface area contributed by atoms with Gasteiger partial charge in [0.2, 0.25) is 0 Å². The first-order chi connectivity index (χ1) is 13.8. The van der Waals surface area contributed by atoms with Crippen LogP contribution in [0.5, 0.6) is 0 Å². The molecule has 2 aromatic rings. The standard InChI is InChI=1S/C22H29ClN4O2/c1-22(2,20(28)18-10-14(23)7-12-11-24-26-19(12)18)13-8-16-5-6-17(9-13)27(16)21(29)25-15-3-4-15/h7,10-11,13,15-17,20,28H,3-6,8-9H2,1-2H3,(H,24,26)(H,25,29)/t13?,16-,17+,20?. The molecule has 156 valence electrons. The minimum Gasteiger partial charge on any atom is -0.388 e. The number of hydrogen-bond donors (Lipinski definition) is 3. The van der Waals surface area contributed by atoms with Crippen LogP contribution < -0.4 is 5.32 Å². The number of amides is 2. The molecular formula is C22H29ClN4O2. The van der Waals surface area contributed by atoms with Crippen molar-refractivity contribution < 1.29 is 9.90 Å². The molecule has 1 aromatic carbocycles. The second-order valence-electron chi connectivity index (χ2n) is 9.74. The largest absolute Gasteiger partial charge is 0.388 e. The van der Waals surface area contributed by atoms with E-state index in [1.807, 2.05) is 12.1 Å². The Kier molecular flexibility index (Phi) is 4.55. The van der Waals surface area contributed by atoms with Crippen molar-refractivity contribution in [3.05, 3.63) is 28.9 Å². The Bertz CT molecular complexity index is 924. The molecule has 0 radical (unpaired) electrons. The van der Waals surface area contributed by atoms with Crippen LogP contribution in [0.1, 0.15) is 64.0 Å². The van der Waals surface area contributed by atoms with Crippen molar-refractivity contribution in [2.24, 2.45) is 11.3 Å². The van der Waals surface area contributed by atoms with Gasteiger partial charge >= 0.3 is 6.03 Å². The van der Waals surface area contributed by atoms with Crippen molar-refractivity contribution in [2.45, 2.75) is 76.6 Å². The Labute approximate surface area is 176 Å². The Balaban J connectivity index is 1.37. The van der Waals surface area contributed by atoms with Gasteiger partial charge in [-0.05, 0) is 62.0 Å². The first-order valence-corrected chi connectivity index (χ1v) is 11.1. The van der Waals surface area contributed by atoms with E-state index in [1.165, 1.54) is 0 Å². The molecular weight excluding hydrogens is 388 g/mol. The zero-order chi connectivity index (χ0) is 20.3. The van der Waals surface area contributed by atoms with Crippen molar-refractivity contribution in [3.8, 4) is 0 Å². The lowest BCUT2D eigenvalue weighted by molar-refractivity contribution is -0.0276. The number of rotatable bonds is 4. The molecule has 3 aliphatic rings. The number of nitrogens with zero attached hydrogens (tertiary/aromatic N) is 2. The first kappa shape index (κ1) is 19.2. The van der Waals surface area contributed by atoms with Crippen molar-refractivity contribution in [1.29, 1.82) is 0 Å². The van der Waals surface area contributed by atoms with Crippen LogP contribution in [0.2, 0.25) is 5.02 Å². The van der Waals surface area contributed by atoms with Gasteiger partial charge in [0, 0.05) is 34.1 Å². The van der Waals surface area contributed by atoms with E-state index in [4.69, 9.17) is 11.6 Å². The highest BCUT2D eigenvalue weighted by atomic mass is 35.5. The van der Waals surface area contributed by atoms with Crippen molar-refractivity contribution in [1.82, 2.24) is 20.4 Å². The van der Waals surface area contributed by atoms with Crippen LogP contribution in [0.3, 0.4) is 0 Å². The van der Waals surface area contributed by atoms with Gasteiger partial charge < -0.3 is 15.3 Å². The molecule has 4 atom stereocenters. The first-order valence-electron chi connectivity index (χ1n) is 10.7. The number of aliphatic hydroxyl groups is 1. The summed E-state index contributed by atoms with van der Waals surface area (Å²) in [6.07, 6.45) is 7.29. The van der Waals surface area contributed by atoms with Crippen LogP contribution in [0.25, 0.3) is 10.9 Å². The van der Waals surface area contributed by atoms with Crippen LogP contribution in [0, 0.1) is 11.3 Å². The highest BCUT2D eigenvalue weighted by Gasteiger charge is 2.49. The van der Waals surface area contributed by atoms with Gasteiger partial charge in [-0.2, -0.15) is 5.10 Å². The Morgan fingerprint density at radius 3 is 2.62 bits per heavy atom. The lowest BCUT2D eigenvalue weighted by Crippen LogP contribution is -2.53. The molecule has 6 nitrogen and oxygen atoms in total. The number of carbonyl (C=O) groups excluding carboxylic acids is 1. The monoisotopic (exact) mass is 416 g/mol. The molecule has 3 heterocycles. The smallest absolute Gasteiger partial charge is 0.318 e. The zero-order valence-electron chi connectivity index (χ0n) is 17.0. The van der Waals surface area contributed by atoms with Crippen LogP contribution >= 0.6 is 11.6 Å². The molecule has 2 amide bonds. The number of aromatic nitrogens is 2. The highest BCUT2D eigenvalue weighted by Crippen LogP contribution is 2.51. The number of nitrogens with one attached hydrogen (secondary N) is 2. The summed E-state index contributed by atoms with van der Waals surface area (Å²) < 4.78 is 0. The summed E-state index contributed by atoms with van der Waals surface area (Å²) in [7, 11) is 0. The number of urea groups is 1. The molecule has 3 N–H and O–H groups in total. The van der Waals surface area contributed by atoms with Crippen molar-refractivity contribution in [2.75, 3.05) is 0 Å². The van der Waals surface area contributed by atoms with Crippen LogP contribution in [-0.4, -0.2) is 44.4 Å². The lowest BCUT2D eigenvalue weighted by Gasteiger charge is -2.47. The fourth-order valence-corrected chi connectivity index (χ4v) is 5.71. The van der Waals surface area contributed by atoms with Gasteiger partial charge in [-0.3, -0.25) is 5.10 Å². The molecule has 2 bridgehead atoms. The molecule has 1 aliphatic carbocycles. The average Bonchev–Trinajstić information content (AvgIpc) is 3.30. The molecule has 0 spiro atoms. The number of hydrogen-bond acceptors (Lipinski definition) is 3. The van der Waals surface area contributed by atoms with Gasteiger partial charge in [-0.15, -0.1) is 0 Å². The van der Waals surface area contributed by atoms with Gasteiger partial charge in [-0.1, -0.05) is 25.4 Å². The summed E-state index contributed by atoms with van der Waals surface area (Å²) in [6.45, 7) is 4.29. The number of H-pyrrole nitrogens is 1. The topological polar surface area (TPSA) is 81.2 Å². The summed E-state index contributed by atoms with van der Waals surface area (Å²) in [5.74, 6) is 0.330. The number of piperidine rings is 1. The number of fused-ring (bicyclic) bond motifs is 3. The second kappa shape index (κ2) is 6.88. The fourth-order valence-electron chi connectivity index (χ4n) is 5.48. The number of halogens is 1. The minimum atomic E-state index is -0.666. The molecule has 1 saturated carbocycles. The summed E-state index contributed by atoms with van der Waals surface area (Å²) in [6, 6.07) is 4.76. The highest BCUT2D eigenvalue weighted by molar-refractivity contribution is 6.31. The van der Waals surface area contributed by atoms with E-state index < -0.39 is 6.10 Å². The van der Waals surface area contributed by atoms with Crippen LogP contribution in [0.4, 0.5) is 4.79 Å². The van der Waals surface area contributed by atoms with E-state index in [0.29, 0.717) is 17.0 Å². The third kappa shape index (κ3) is 3.30. The molecule has 1 aromatic heterocycles. The maximum atomic E-state index is 12.7. The summed E-state index contributed by atoms with van der Waals surface area (Å²) in [5.41, 5.74) is 1.30. The summed E-state index contributed by atoms with van der Waals surface area (Å²) in [4.78, 5) is 14.8. The van der Waals surface area contributed by atoms with Crippen LogP contribution in [-0.2, 0) is 0 Å². The molecule has 29 heavy (non-hydrogen) atoms. The minimum absolute atomic E-state index is 0.116. The predicted octanol–water partition coefficient (Wildman–Crippen LogP) is 4.39. The maximum absolute atomic E-state index is 12.7. The quantitative estimate of drug-likeness (QED) is 0.691. The third-order valence-electron chi connectivity index (χ3n) is 7.47. The molecule has 2 saturated heterocycles. The van der Waals surface area contributed by atoms with Crippen LogP contribution in [0.15, 0.2) is 18.3 Å². The SMILES string of the molecule is CC(C)(C1C[C@H]2CC[C@@H](C1)N2C(=O)NC1CC1)C(O)c1cc(Cl)cc2cn[nH]c12. The second-order valence-corrected chi connectivity index (χ2v) is 10.2. The lowest BCUT2D eigenvalue weighted by atomic mass is 9.67. The molecule has 2 aliphatic heterocycles. The van der Waals surface area contributed by atoms with Crippen molar-refractivity contribution in [3.63, 3.8) is 0 Å². The van der Waals surface area contributed by atoms with Crippen molar-refractivity contribution >= 4 is 28.5 Å². The molecule has 3 fully saturated rings. The predicted molar refractivity (Wildman–Crippen MR) is 113 cm³/mol. The van der Waals surface area contributed by atoms with E-state index in [9.17, 15) is 9.90 Å². The summed E-state index contributed by atoms with van der Waals surface area (Å²) >= 11 is 6.31. The van der Waals surface area contributed by atoms with Gasteiger partial charge in [-0.25, -0.2) is 4.79 Å². The fraction of sp³-hybridized carbons (Fsp3) is 0.636. The third-order valence-corrected chi connectivity index (χ3v) is 7.69. The molecule has 7 heteroatoms. The molecule has 2 unspecified atom stereocenters. The zero-order valence-corrected chi connectivity index (χ0v) is 17.7. The summed E-state index contributed by atoms with van der Waals surface area (Å²) in [5, 5.41) is 23.3. The Hall–Kier alpha value is -1.79. The number of aromatic amines is 1. The molecule has 5 rings (SSSR count). The number of carbonyl (C=O) groups is 1. The number of aliphatic hydroxyl groups excluding tert-OH is 1. The van der Waals surface area contributed by atoms with E-state index in [-0.39, 0.29) is 23.5 Å². The van der Waals surface area contributed by atoms with E-state index in [1.54, 1.807) is 6.20 Å². The Morgan fingerprint density at radius 2 is 1.97 bits per heavy atom. The van der Waals surface area contributed by atoms with Gasteiger partial charge in [0.1, 0.15) is 0 Å². The maximum Gasteiger partial charge on any atom is 0.318 e. The van der Waals surface area contributed by atoms with E-state index >= 15 is 0 Å². The van der Waals surface area contributed by atoms with E-state index in [2.05, 4.69) is 34.3 Å². The van der Waals surface area contributed by atoms with Gasteiger partial charge in [0.25, 0.3) is 0 Å². The van der Waals surface area contributed by atoms with Gasteiger partial charge in [0.05, 0.1) is 17.8 Å². The van der Waals surface area contributed by atoms with E-state index in [0.717, 1.165) is 55.0 Å². The average molecular weight is 417 g/mol.